The summed E-state index contributed by atoms with van der Waals surface area (Å²) in [5.74, 6) is -0.0908. The van der Waals surface area contributed by atoms with E-state index in [0.717, 1.165) is 43.4 Å². The first kappa shape index (κ1) is 15.4. The van der Waals surface area contributed by atoms with Crippen LogP contribution >= 0.6 is 11.3 Å². The lowest BCUT2D eigenvalue weighted by atomic mass is 9.75. The maximum absolute atomic E-state index is 12.3. The van der Waals surface area contributed by atoms with Crippen LogP contribution < -0.4 is 10.5 Å². The first-order valence-corrected chi connectivity index (χ1v) is 8.90. The molecule has 2 rings (SSSR count). The quantitative estimate of drug-likeness (QED) is 0.890. The molecule has 0 aliphatic heterocycles. The highest BCUT2D eigenvalue weighted by Gasteiger charge is 2.35. The van der Waals surface area contributed by atoms with Crippen LogP contribution in [0.15, 0.2) is 4.21 Å². The zero-order chi connectivity index (χ0) is 15.0. The Morgan fingerprint density at radius 3 is 2.45 bits per heavy atom. The molecule has 0 aromatic carbocycles. The van der Waals surface area contributed by atoms with Gasteiger partial charge in [0.1, 0.15) is 0 Å². The van der Waals surface area contributed by atoms with Crippen molar-refractivity contribution in [1.82, 2.24) is 4.98 Å². The number of primary sulfonamides is 1. The number of amides is 1. The maximum Gasteiger partial charge on any atom is 0.249 e. The third kappa shape index (κ3) is 3.18. The molecule has 3 N–H and O–H groups in total. The van der Waals surface area contributed by atoms with Crippen molar-refractivity contribution in [3.63, 3.8) is 0 Å². The number of nitrogens with one attached hydrogen (secondary N) is 1. The van der Waals surface area contributed by atoms with E-state index in [0.29, 0.717) is 10.8 Å². The first-order chi connectivity index (χ1) is 9.22. The van der Waals surface area contributed by atoms with E-state index in [9.17, 15) is 13.2 Å². The van der Waals surface area contributed by atoms with Crippen molar-refractivity contribution in [3.8, 4) is 0 Å². The number of carbonyl (C=O) groups is 1. The van der Waals surface area contributed by atoms with Gasteiger partial charge in [-0.15, -0.1) is 0 Å². The van der Waals surface area contributed by atoms with Gasteiger partial charge in [-0.05, 0) is 19.8 Å². The molecular weight excluding hydrogens is 298 g/mol. The molecular formula is C12H19N3O3S2. The zero-order valence-corrected chi connectivity index (χ0v) is 13.2. The van der Waals surface area contributed by atoms with Crippen molar-refractivity contribution >= 4 is 32.4 Å². The molecule has 0 saturated heterocycles. The van der Waals surface area contributed by atoms with E-state index in [2.05, 4.69) is 10.3 Å². The molecule has 8 heteroatoms. The number of hydrogen-bond acceptors (Lipinski definition) is 5. The molecule has 1 saturated carbocycles. The average molecular weight is 317 g/mol. The van der Waals surface area contributed by atoms with Crippen LogP contribution in [0.2, 0.25) is 0 Å². The Kier molecular flexibility index (Phi) is 4.17. The van der Waals surface area contributed by atoms with Gasteiger partial charge in [-0.1, -0.05) is 37.5 Å². The number of carbonyl (C=O) groups excluding carboxylic acids is 1. The summed E-state index contributed by atoms with van der Waals surface area (Å²) >= 11 is 0.901. The second-order valence-corrected chi connectivity index (χ2v) is 8.27. The predicted octanol–water partition coefficient (Wildman–Crippen LogP) is 2.01. The van der Waals surface area contributed by atoms with Crippen molar-refractivity contribution in [2.24, 2.45) is 10.6 Å². The highest BCUT2D eigenvalue weighted by molar-refractivity contribution is 7.91. The summed E-state index contributed by atoms with van der Waals surface area (Å²) in [7, 11) is -3.78. The number of hydrogen-bond donors (Lipinski definition) is 2. The number of sulfonamides is 1. The van der Waals surface area contributed by atoms with Gasteiger partial charge in [0.25, 0.3) is 0 Å². The number of thiazole rings is 1. The third-order valence-electron chi connectivity index (χ3n) is 3.74. The van der Waals surface area contributed by atoms with Crippen LogP contribution in [-0.2, 0) is 14.8 Å². The van der Waals surface area contributed by atoms with Crippen LogP contribution in [-0.4, -0.2) is 19.3 Å². The molecule has 0 spiro atoms. The first-order valence-electron chi connectivity index (χ1n) is 6.54. The Bertz CT molecular complexity index is 616. The van der Waals surface area contributed by atoms with Gasteiger partial charge >= 0.3 is 0 Å². The SMILES string of the molecule is Cc1nc(NC(=O)C2(C)CCCCC2)sc1S(N)(=O)=O. The second-order valence-electron chi connectivity index (χ2n) is 5.51. The minimum Gasteiger partial charge on any atom is -0.301 e. The lowest BCUT2D eigenvalue weighted by Crippen LogP contribution is -2.35. The molecule has 1 aliphatic carbocycles. The van der Waals surface area contributed by atoms with Gasteiger partial charge in [0.15, 0.2) is 9.34 Å². The predicted molar refractivity (Wildman–Crippen MR) is 78.0 cm³/mol. The van der Waals surface area contributed by atoms with E-state index >= 15 is 0 Å². The van der Waals surface area contributed by atoms with E-state index in [4.69, 9.17) is 5.14 Å². The molecule has 1 fully saturated rings. The molecule has 0 atom stereocenters. The van der Waals surface area contributed by atoms with Gasteiger partial charge < -0.3 is 5.32 Å². The third-order valence-corrected chi connectivity index (χ3v) is 6.36. The van der Waals surface area contributed by atoms with Crippen molar-refractivity contribution in [2.75, 3.05) is 5.32 Å². The summed E-state index contributed by atoms with van der Waals surface area (Å²) in [6.45, 7) is 3.51. The second kappa shape index (κ2) is 5.42. The molecule has 1 aromatic heterocycles. The molecule has 20 heavy (non-hydrogen) atoms. The molecule has 6 nitrogen and oxygen atoms in total. The fourth-order valence-corrected chi connectivity index (χ4v) is 4.36. The normalized spacial score (nSPS) is 18.8. The van der Waals surface area contributed by atoms with E-state index < -0.39 is 10.0 Å². The largest absolute Gasteiger partial charge is 0.301 e. The Morgan fingerprint density at radius 1 is 1.35 bits per heavy atom. The topological polar surface area (TPSA) is 102 Å². The number of rotatable bonds is 3. The minimum absolute atomic E-state index is 0.00148. The van der Waals surface area contributed by atoms with Crippen molar-refractivity contribution < 1.29 is 13.2 Å². The number of anilines is 1. The van der Waals surface area contributed by atoms with E-state index in [1.165, 1.54) is 0 Å². The minimum atomic E-state index is -3.78. The van der Waals surface area contributed by atoms with Crippen LogP contribution in [0, 0.1) is 12.3 Å². The lowest BCUT2D eigenvalue weighted by molar-refractivity contribution is -0.126. The Morgan fingerprint density at radius 2 is 1.95 bits per heavy atom. The average Bonchev–Trinajstić information content (AvgIpc) is 2.71. The number of aromatic nitrogens is 1. The van der Waals surface area contributed by atoms with E-state index in [-0.39, 0.29) is 15.5 Å². The number of aryl methyl sites for hydroxylation is 1. The van der Waals surface area contributed by atoms with E-state index in [1.54, 1.807) is 6.92 Å². The summed E-state index contributed by atoms with van der Waals surface area (Å²) in [5.41, 5.74) is -0.0684. The molecule has 0 bridgehead atoms. The summed E-state index contributed by atoms with van der Waals surface area (Å²) in [4.78, 5) is 16.4. The standard InChI is InChI=1S/C12H19N3O3S2/c1-8-9(20(13,17)18)19-11(14-8)15-10(16)12(2)6-4-3-5-7-12/h3-7H2,1-2H3,(H2,13,17,18)(H,14,15,16). The smallest absolute Gasteiger partial charge is 0.249 e. The van der Waals surface area contributed by atoms with Crippen LogP contribution in [0.1, 0.15) is 44.7 Å². The van der Waals surface area contributed by atoms with E-state index in [1.807, 2.05) is 6.92 Å². The van der Waals surface area contributed by atoms with Crippen molar-refractivity contribution in [2.45, 2.75) is 50.2 Å². The zero-order valence-electron chi connectivity index (χ0n) is 11.6. The van der Waals surface area contributed by atoms with Crippen LogP contribution in [0.4, 0.5) is 5.13 Å². The van der Waals surface area contributed by atoms with Gasteiger partial charge in [-0.3, -0.25) is 4.79 Å². The fourth-order valence-electron chi connectivity index (χ4n) is 2.51. The molecule has 112 valence electrons. The molecule has 1 aliphatic rings. The number of nitrogens with zero attached hydrogens (tertiary/aromatic N) is 1. The Hall–Kier alpha value is -0.990. The summed E-state index contributed by atoms with van der Waals surface area (Å²) in [5, 5.41) is 8.13. The van der Waals surface area contributed by atoms with Crippen molar-refractivity contribution in [3.05, 3.63) is 5.69 Å². The van der Waals surface area contributed by atoms with Crippen LogP contribution in [0.25, 0.3) is 0 Å². The summed E-state index contributed by atoms with van der Waals surface area (Å²) in [6.07, 6.45) is 4.96. The van der Waals surface area contributed by atoms with Crippen LogP contribution in [0.5, 0.6) is 0 Å². The Labute approximate surface area is 122 Å². The van der Waals surface area contributed by atoms with Crippen molar-refractivity contribution in [1.29, 1.82) is 0 Å². The monoisotopic (exact) mass is 317 g/mol. The van der Waals surface area contributed by atoms with Gasteiger partial charge in [-0.25, -0.2) is 18.5 Å². The maximum atomic E-state index is 12.3. The lowest BCUT2D eigenvalue weighted by Gasteiger charge is -2.31. The Balaban J connectivity index is 2.16. The highest BCUT2D eigenvalue weighted by atomic mass is 32.2. The molecule has 1 heterocycles. The van der Waals surface area contributed by atoms with Gasteiger partial charge in [0.05, 0.1) is 5.69 Å². The van der Waals surface area contributed by atoms with Gasteiger partial charge in [0.2, 0.25) is 15.9 Å². The number of nitrogens with two attached hydrogens (primary N) is 1. The van der Waals surface area contributed by atoms with Crippen LogP contribution in [0.3, 0.4) is 0 Å². The fraction of sp³-hybridized carbons (Fsp3) is 0.667. The highest BCUT2D eigenvalue weighted by Crippen LogP contribution is 2.37. The van der Waals surface area contributed by atoms with Gasteiger partial charge in [-0.2, -0.15) is 0 Å². The molecule has 0 radical (unpaired) electrons. The van der Waals surface area contributed by atoms with Gasteiger partial charge in [0, 0.05) is 5.41 Å². The molecule has 1 amide bonds. The summed E-state index contributed by atoms with van der Waals surface area (Å²) < 4.78 is 22.7. The molecule has 1 aromatic rings. The molecule has 0 unspecified atom stereocenters. The summed E-state index contributed by atoms with van der Waals surface area (Å²) in [6, 6.07) is 0.